The van der Waals surface area contributed by atoms with Gasteiger partial charge in [-0.1, -0.05) is 35.5 Å². The maximum absolute atomic E-state index is 6.52. The zero-order chi connectivity index (χ0) is 17.6. The van der Waals surface area contributed by atoms with Crippen molar-refractivity contribution in [2.75, 3.05) is 44.1 Å². The predicted molar refractivity (Wildman–Crippen MR) is 102 cm³/mol. The van der Waals surface area contributed by atoms with E-state index in [1.54, 1.807) is 0 Å². The van der Waals surface area contributed by atoms with Gasteiger partial charge in [-0.05, 0) is 30.9 Å². The van der Waals surface area contributed by atoms with E-state index < -0.39 is 0 Å². The molecule has 1 aromatic carbocycles. The summed E-state index contributed by atoms with van der Waals surface area (Å²) >= 11 is 8.02. The number of hydrogen-bond acceptors (Lipinski definition) is 6. The highest BCUT2D eigenvalue weighted by atomic mass is 35.5. The number of hydrogen-bond donors (Lipinski definition) is 0. The molecule has 2 heterocycles. The van der Waals surface area contributed by atoms with Crippen molar-refractivity contribution in [2.45, 2.75) is 18.5 Å². The number of rotatable bonds is 6. The SMILES string of the molecule is CCOc1ccc(Cc2c(Cl)nc(SC)nc2N2CCOCC2)cc1. The molecule has 1 saturated heterocycles. The fraction of sp³-hybridized carbons (Fsp3) is 0.444. The molecule has 0 bridgehead atoms. The number of morpholine rings is 1. The smallest absolute Gasteiger partial charge is 0.190 e. The van der Waals surface area contributed by atoms with Crippen LogP contribution in [0.5, 0.6) is 5.75 Å². The van der Waals surface area contributed by atoms with E-state index in [1.807, 2.05) is 25.3 Å². The second kappa shape index (κ2) is 8.74. The maximum atomic E-state index is 6.52. The van der Waals surface area contributed by atoms with Crippen LogP contribution in [0, 0.1) is 0 Å². The predicted octanol–water partition coefficient (Wildman–Crippen LogP) is 3.68. The standard InChI is InChI=1S/C18H22ClN3O2S/c1-3-24-14-6-4-13(5-7-14)12-15-16(19)20-18(25-2)21-17(15)22-8-10-23-11-9-22/h4-7H,3,8-12H2,1-2H3. The number of aromatic nitrogens is 2. The fourth-order valence-electron chi connectivity index (χ4n) is 2.78. The maximum Gasteiger partial charge on any atom is 0.190 e. The number of ether oxygens (including phenoxy) is 2. The molecule has 0 atom stereocenters. The Bertz CT molecular complexity index is 706. The third-order valence-corrected chi connectivity index (χ3v) is 4.88. The van der Waals surface area contributed by atoms with E-state index >= 15 is 0 Å². The Hall–Kier alpha value is -1.50. The molecule has 0 radical (unpaired) electrons. The molecular weight excluding hydrogens is 358 g/mol. The number of halogens is 1. The van der Waals surface area contributed by atoms with Crippen LogP contribution in [0.3, 0.4) is 0 Å². The van der Waals surface area contributed by atoms with Crippen LogP contribution in [0.2, 0.25) is 5.15 Å². The van der Waals surface area contributed by atoms with Gasteiger partial charge in [0, 0.05) is 25.1 Å². The molecule has 0 aliphatic carbocycles. The quantitative estimate of drug-likeness (QED) is 0.433. The van der Waals surface area contributed by atoms with E-state index in [-0.39, 0.29) is 0 Å². The molecule has 0 N–H and O–H groups in total. The second-order valence-electron chi connectivity index (χ2n) is 5.66. The number of anilines is 1. The van der Waals surface area contributed by atoms with Gasteiger partial charge < -0.3 is 14.4 Å². The summed E-state index contributed by atoms with van der Waals surface area (Å²) in [5.41, 5.74) is 2.12. The van der Waals surface area contributed by atoms with Gasteiger partial charge in [-0.2, -0.15) is 0 Å². The van der Waals surface area contributed by atoms with Crippen LogP contribution in [0.25, 0.3) is 0 Å². The Morgan fingerprint density at radius 2 is 1.92 bits per heavy atom. The molecule has 2 aromatic rings. The zero-order valence-electron chi connectivity index (χ0n) is 14.5. The topological polar surface area (TPSA) is 47.5 Å². The number of nitrogens with zero attached hydrogens (tertiary/aromatic N) is 3. The molecule has 1 fully saturated rings. The summed E-state index contributed by atoms with van der Waals surface area (Å²) < 4.78 is 11.0. The normalized spacial score (nSPS) is 14.6. The minimum Gasteiger partial charge on any atom is -0.494 e. The van der Waals surface area contributed by atoms with Gasteiger partial charge in [0.05, 0.1) is 19.8 Å². The molecule has 1 aromatic heterocycles. The lowest BCUT2D eigenvalue weighted by molar-refractivity contribution is 0.122. The molecule has 0 unspecified atom stereocenters. The lowest BCUT2D eigenvalue weighted by Crippen LogP contribution is -2.37. The van der Waals surface area contributed by atoms with Crippen molar-refractivity contribution >= 4 is 29.2 Å². The largest absolute Gasteiger partial charge is 0.494 e. The first-order valence-corrected chi connectivity index (χ1v) is 9.96. The van der Waals surface area contributed by atoms with Crippen LogP contribution in [-0.2, 0) is 11.2 Å². The third kappa shape index (κ3) is 4.57. The van der Waals surface area contributed by atoms with Crippen LogP contribution in [0.4, 0.5) is 5.82 Å². The van der Waals surface area contributed by atoms with Gasteiger partial charge >= 0.3 is 0 Å². The van der Waals surface area contributed by atoms with Crippen molar-refractivity contribution in [3.63, 3.8) is 0 Å². The van der Waals surface area contributed by atoms with E-state index in [2.05, 4.69) is 22.0 Å². The van der Waals surface area contributed by atoms with Crippen molar-refractivity contribution in [1.82, 2.24) is 9.97 Å². The van der Waals surface area contributed by atoms with E-state index in [9.17, 15) is 0 Å². The average molecular weight is 380 g/mol. The Morgan fingerprint density at radius 3 is 2.56 bits per heavy atom. The Labute approximate surface area is 157 Å². The summed E-state index contributed by atoms with van der Waals surface area (Å²) in [7, 11) is 0. The monoisotopic (exact) mass is 379 g/mol. The van der Waals surface area contributed by atoms with Gasteiger partial charge in [-0.3, -0.25) is 0 Å². The van der Waals surface area contributed by atoms with Gasteiger partial charge in [-0.15, -0.1) is 0 Å². The Kier molecular flexibility index (Phi) is 6.39. The number of benzene rings is 1. The van der Waals surface area contributed by atoms with E-state index in [0.29, 0.717) is 36.6 Å². The summed E-state index contributed by atoms with van der Waals surface area (Å²) in [4.78, 5) is 11.4. The van der Waals surface area contributed by atoms with E-state index in [1.165, 1.54) is 11.8 Å². The van der Waals surface area contributed by atoms with Crippen molar-refractivity contribution in [3.8, 4) is 5.75 Å². The lowest BCUT2D eigenvalue weighted by Gasteiger charge is -2.30. The minimum atomic E-state index is 0.523. The van der Waals surface area contributed by atoms with Crippen LogP contribution in [-0.4, -0.2) is 49.1 Å². The minimum absolute atomic E-state index is 0.523. The van der Waals surface area contributed by atoms with Crippen LogP contribution in [0.1, 0.15) is 18.1 Å². The summed E-state index contributed by atoms with van der Waals surface area (Å²) in [5, 5.41) is 1.22. The summed E-state index contributed by atoms with van der Waals surface area (Å²) in [6.07, 6.45) is 2.65. The van der Waals surface area contributed by atoms with Crippen molar-refractivity contribution in [2.24, 2.45) is 0 Å². The molecule has 0 amide bonds. The average Bonchev–Trinajstić information content (AvgIpc) is 2.65. The van der Waals surface area contributed by atoms with Gasteiger partial charge in [0.25, 0.3) is 0 Å². The van der Waals surface area contributed by atoms with Gasteiger partial charge in [0.2, 0.25) is 0 Å². The first-order chi connectivity index (χ1) is 12.2. The van der Waals surface area contributed by atoms with Crippen molar-refractivity contribution in [1.29, 1.82) is 0 Å². The highest BCUT2D eigenvalue weighted by Crippen LogP contribution is 2.30. The van der Waals surface area contributed by atoms with Crippen molar-refractivity contribution in [3.05, 3.63) is 40.5 Å². The molecule has 0 saturated carbocycles. The molecule has 0 spiro atoms. The molecule has 7 heteroatoms. The van der Waals surface area contributed by atoms with Gasteiger partial charge in [0.15, 0.2) is 5.16 Å². The molecule has 25 heavy (non-hydrogen) atoms. The first-order valence-electron chi connectivity index (χ1n) is 8.36. The summed E-state index contributed by atoms with van der Waals surface area (Å²) in [5.74, 6) is 1.79. The Balaban J connectivity index is 1.90. The van der Waals surface area contributed by atoms with E-state index in [0.717, 1.165) is 35.8 Å². The lowest BCUT2D eigenvalue weighted by atomic mass is 10.1. The summed E-state index contributed by atoms with van der Waals surface area (Å²) in [6, 6.07) is 8.09. The zero-order valence-corrected chi connectivity index (χ0v) is 16.1. The summed E-state index contributed by atoms with van der Waals surface area (Å²) in [6.45, 7) is 5.69. The van der Waals surface area contributed by atoms with Gasteiger partial charge in [0.1, 0.15) is 16.7 Å². The fourth-order valence-corrected chi connectivity index (χ4v) is 3.42. The third-order valence-electron chi connectivity index (χ3n) is 4.02. The highest BCUT2D eigenvalue weighted by molar-refractivity contribution is 7.98. The molecule has 134 valence electrons. The second-order valence-corrected chi connectivity index (χ2v) is 6.79. The first kappa shape index (κ1) is 18.3. The number of thioether (sulfide) groups is 1. The molecular formula is C18H22ClN3O2S. The molecule has 1 aliphatic heterocycles. The van der Waals surface area contributed by atoms with Crippen molar-refractivity contribution < 1.29 is 9.47 Å². The van der Waals surface area contributed by atoms with E-state index in [4.69, 9.17) is 26.1 Å². The van der Waals surface area contributed by atoms with Crippen LogP contribution >= 0.6 is 23.4 Å². The highest BCUT2D eigenvalue weighted by Gasteiger charge is 2.21. The van der Waals surface area contributed by atoms with Crippen LogP contribution < -0.4 is 9.64 Å². The molecule has 3 rings (SSSR count). The van der Waals surface area contributed by atoms with Gasteiger partial charge in [-0.25, -0.2) is 9.97 Å². The van der Waals surface area contributed by atoms with Crippen LogP contribution in [0.15, 0.2) is 29.4 Å². The molecule has 1 aliphatic rings. The molecule has 5 nitrogen and oxygen atoms in total. The Morgan fingerprint density at radius 1 is 1.20 bits per heavy atom.